The topological polar surface area (TPSA) is 86.8 Å². The molecule has 0 aromatic carbocycles. The summed E-state index contributed by atoms with van der Waals surface area (Å²) in [6, 6.07) is 0.893. The van der Waals surface area contributed by atoms with Crippen LogP contribution in [0.3, 0.4) is 0 Å². The van der Waals surface area contributed by atoms with Crippen LogP contribution in [0.15, 0.2) is 0 Å². The zero-order valence-corrected chi connectivity index (χ0v) is 28.4. The molecule has 0 spiro atoms. The average molecular weight is 544 g/mol. The van der Waals surface area contributed by atoms with E-state index in [4.69, 9.17) is 0 Å². The zero-order valence-electron chi connectivity index (χ0n) is 28.4. The molecule has 0 atom stereocenters. The number of ketones is 1. The van der Waals surface area contributed by atoms with E-state index < -0.39 is 0 Å². The predicted octanol–water partition coefficient (Wildman–Crippen LogP) is 6.44. The van der Waals surface area contributed by atoms with Gasteiger partial charge in [0.05, 0.1) is 0 Å². The molecule has 0 radical (unpaired) electrons. The second-order valence-corrected chi connectivity index (χ2v) is 12.4. The van der Waals surface area contributed by atoms with Gasteiger partial charge in [0.1, 0.15) is 5.78 Å². The highest BCUT2D eigenvalue weighted by molar-refractivity contribution is 5.80. The van der Waals surface area contributed by atoms with Crippen molar-refractivity contribution in [3.63, 3.8) is 0 Å². The van der Waals surface area contributed by atoms with E-state index in [0.717, 1.165) is 6.42 Å². The predicted molar refractivity (Wildman–Crippen MR) is 163 cm³/mol. The third kappa shape index (κ3) is 25.7. The van der Waals surface area contributed by atoms with Crippen molar-refractivity contribution in [2.75, 3.05) is 14.1 Å². The van der Waals surface area contributed by atoms with Crippen LogP contribution in [0.25, 0.3) is 0 Å². The van der Waals surface area contributed by atoms with Crippen LogP contribution in [-0.4, -0.2) is 65.5 Å². The third-order valence-corrected chi connectivity index (χ3v) is 5.44. The minimum Gasteiger partial charge on any atom is -0.354 e. The molecule has 38 heavy (non-hydrogen) atoms. The molecule has 0 aromatic rings. The van der Waals surface area contributed by atoms with Gasteiger partial charge in [0.15, 0.2) is 0 Å². The summed E-state index contributed by atoms with van der Waals surface area (Å²) in [5.74, 6) is 2.01. The smallest absolute Gasteiger partial charge is 0.225 e. The minimum absolute atomic E-state index is 0.104. The Morgan fingerprint density at radius 1 is 0.526 bits per heavy atom. The highest BCUT2D eigenvalue weighted by atomic mass is 16.2. The Labute approximate surface area is 236 Å². The molecule has 0 aromatic heterocycles. The van der Waals surface area contributed by atoms with E-state index in [0.29, 0.717) is 23.8 Å². The molecule has 7 nitrogen and oxygen atoms in total. The summed E-state index contributed by atoms with van der Waals surface area (Å²) in [6.45, 7) is 31.5. The van der Waals surface area contributed by atoms with E-state index in [9.17, 15) is 19.2 Å². The van der Waals surface area contributed by atoms with Crippen molar-refractivity contribution >= 4 is 23.5 Å². The lowest BCUT2D eigenvalue weighted by Crippen LogP contribution is -2.35. The molecular formula is C31H65N3O4. The van der Waals surface area contributed by atoms with Crippen molar-refractivity contribution < 1.29 is 19.2 Å². The van der Waals surface area contributed by atoms with Crippen molar-refractivity contribution in [1.29, 1.82) is 0 Å². The molecule has 228 valence electrons. The van der Waals surface area contributed by atoms with Crippen LogP contribution >= 0.6 is 0 Å². The first-order chi connectivity index (χ1) is 17.0. The largest absolute Gasteiger partial charge is 0.354 e. The SMILES string of the molecule is CC(C)C(=O)N(C)C(C)C.CC(C)C(=O)N(C)C(C)C.CC(C)CC(=O)C(C)C.CC(C)NC(=O)C(C)C. The fourth-order valence-corrected chi connectivity index (χ4v) is 2.41. The van der Waals surface area contributed by atoms with Crippen molar-refractivity contribution in [3.05, 3.63) is 0 Å². The van der Waals surface area contributed by atoms with Crippen LogP contribution in [0, 0.1) is 29.6 Å². The summed E-state index contributed by atoms with van der Waals surface area (Å²) < 4.78 is 0. The monoisotopic (exact) mass is 543 g/mol. The van der Waals surface area contributed by atoms with Crippen molar-refractivity contribution in [2.45, 2.75) is 135 Å². The van der Waals surface area contributed by atoms with E-state index in [1.54, 1.807) is 9.80 Å². The summed E-state index contributed by atoms with van der Waals surface area (Å²) >= 11 is 0. The summed E-state index contributed by atoms with van der Waals surface area (Å²) in [6.07, 6.45) is 0.734. The van der Waals surface area contributed by atoms with Gasteiger partial charge >= 0.3 is 0 Å². The molecule has 0 heterocycles. The van der Waals surface area contributed by atoms with E-state index in [1.807, 2.05) is 111 Å². The Hall–Kier alpha value is -1.92. The fraction of sp³-hybridized carbons (Fsp3) is 0.871. The van der Waals surface area contributed by atoms with Gasteiger partial charge in [-0.05, 0) is 47.5 Å². The summed E-state index contributed by atoms with van der Waals surface area (Å²) in [7, 11) is 3.68. The van der Waals surface area contributed by atoms with E-state index in [-0.39, 0.29) is 47.4 Å². The first-order valence-corrected chi connectivity index (χ1v) is 14.4. The van der Waals surface area contributed by atoms with E-state index >= 15 is 0 Å². The molecule has 0 rings (SSSR count). The highest BCUT2D eigenvalue weighted by Gasteiger charge is 2.15. The molecule has 0 saturated heterocycles. The van der Waals surface area contributed by atoms with Crippen LogP contribution in [0.4, 0.5) is 0 Å². The second kappa shape index (κ2) is 23.0. The van der Waals surface area contributed by atoms with Gasteiger partial charge in [-0.15, -0.1) is 0 Å². The number of amides is 3. The second-order valence-electron chi connectivity index (χ2n) is 12.4. The molecule has 7 heteroatoms. The maximum atomic E-state index is 11.2. The number of carbonyl (C=O) groups excluding carboxylic acids is 4. The van der Waals surface area contributed by atoms with Gasteiger partial charge in [-0.1, -0.05) is 69.2 Å². The molecule has 1 N–H and O–H groups in total. The molecule has 0 fully saturated rings. The third-order valence-electron chi connectivity index (χ3n) is 5.44. The molecule has 0 saturated carbocycles. The molecule has 3 amide bonds. The van der Waals surface area contributed by atoms with Crippen molar-refractivity contribution in [3.8, 4) is 0 Å². The Kier molecular flexibility index (Phi) is 26.1. The lowest BCUT2D eigenvalue weighted by atomic mass is 9.99. The van der Waals surface area contributed by atoms with Gasteiger partial charge in [-0.2, -0.15) is 0 Å². The van der Waals surface area contributed by atoms with Crippen LogP contribution in [-0.2, 0) is 19.2 Å². The van der Waals surface area contributed by atoms with Gasteiger partial charge < -0.3 is 15.1 Å². The molecule has 0 aliphatic carbocycles. The normalized spacial score (nSPS) is 10.7. The number of nitrogens with one attached hydrogen (secondary N) is 1. The standard InChI is InChI=1S/2C8H17NO.C8H16O.C7H15NO/c2*1-6(2)8(10)9(5)7(3)4;1-6(2)5-8(9)7(3)4;1-5(2)7(9)8-6(3)4/h2*6-7H,1-5H3;6-7H,5H2,1-4H3;5-6H,1-4H3,(H,8,9). The zero-order chi connectivity index (χ0) is 31.5. The van der Waals surface area contributed by atoms with E-state index in [1.165, 1.54) is 0 Å². The van der Waals surface area contributed by atoms with Crippen LogP contribution in [0.2, 0.25) is 0 Å². The summed E-state index contributed by atoms with van der Waals surface area (Å²) in [4.78, 5) is 47.8. The first kappa shape index (κ1) is 43.1. The number of carbonyl (C=O) groups is 4. The Morgan fingerprint density at radius 3 is 0.921 bits per heavy atom. The van der Waals surface area contributed by atoms with Gasteiger partial charge in [0.2, 0.25) is 17.7 Å². The lowest BCUT2D eigenvalue weighted by molar-refractivity contribution is -0.135. The number of Topliss-reactive ketones (excluding diaryl/α,β-unsaturated/α-hetero) is 1. The number of hydrogen-bond acceptors (Lipinski definition) is 4. The van der Waals surface area contributed by atoms with Gasteiger partial charge in [-0.25, -0.2) is 0 Å². The highest BCUT2D eigenvalue weighted by Crippen LogP contribution is 2.06. The molecular weight excluding hydrogens is 478 g/mol. The number of hydrogen-bond donors (Lipinski definition) is 1. The molecule has 0 unspecified atom stereocenters. The number of nitrogens with zero attached hydrogens (tertiary/aromatic N) is 2. The van der Waals surface area contributed by atoms with Crippen LogP contribution in [0.5, 0.6) is 0 Å². The molecule has 0 aliphatic heterocycles. The number of rotatable bonds is 9. The van der Waals surface area contributed by atoms with E-state index in [2.05, 4.69) is 19.2 Å². The maximum absolute atomic E-state index is 11.2. The average Bonchev–Trinajstić information content (AvgIpc) is 2.76. The summed E-state index contributed by atoms with van der Waals surface area (Å²) in [5, 5.41) is 2.80. The van der Waals surface area contributed by atoms with Gasteiger partial charge in [0, 0.05) is 62.3 Å². The van der Waals surface area contributed by atoms with Gasteiger partial charge in [-0.3, -0.25) is 19.2 Å². The first-order valence-electron chi connectivity index (χ1n) is 14.4. The molecule has 0 bridgehead atoms. The lowest BCUT2D eigenvalue weighted by Gasteiger charge is -2.23. The minimum atomic E-state index is 0.104. The Balaban J connectivity index is -0.000000203. The maximum Gasteiger partial charge on any atom is 0.225 e. The Bertz CT molecular complexity index is 596. The van der Waals surface area contributed by atoms with Crippen LogP contribution in [0.1, 0.15) is 117 Å². The van der Waals surface area contributed by atoms with Gasteiger partial charge in [0.25, 0.3) is 0 Å². The molecule has 0 aliphatic rings. The Morgan fingerprint density at radius 2 is 0.842 bits per heavy atom. The quantitative estimate of drug-likeness (QED) is 0.362. The summed E-state index contributed by atoms with van der Waals surface area (Å²) in [5.41, 5.74) is 0. The van der Waals surface area contributed by atoms with Crippen molar-refractivity contribution in [1.82, 2.24) is 15.1 Å². The van der Waals surface area contributed by atoms with Crippen molar-refractivity contribution in [2.24, 2.45) is 29.6 Å². The van der Waals surface area contributed by atoms with Crippen LogP contribution < -0.4 is 5.32 Å². The fourth-order valence-electron chi connectivity index (χ4n) is 2.41.